The summed E-state index contributed by atoms with van der Waals surface area (Å²) in [7, 11) is 2.13. The van der Waals surface area contributed by atoms with E-state index in [1.54, 1.807) is 0 Å². The topological polar surface area (TPSA) is 67.6 Å². The highest BCUT2D eigenvalue weighted by Gasteiger charge is 2.27. The van der Waals surface area contributed by atoms with Gasteiger partial charge in [0.1, 0.15) is 12.4 Å². The van der Waals surface area contributed by atoms with Crippen molar-refractivity contribution in [3.63, 3.8) is 0 Å². The van der Waals surface area contributed by atoms with Gasteiger partial charge in [0.05, 0.1) is 11.1 Å². The van der Waals surface area contributed by atoms with Gasteiger partial charge in [-0.25, -0.2) is 0 Å². The predicted octanol–water partition coefficient (Wildman–Crippen LogP) is 6.40. The third-order valence-corrected chi connectivity index (χ3v) is 7.54. The number of amides is 1. The van der Waals surface area contributed by atoms with Gasteiger partial charge in [0.2, 0.25) is 0 Å². The van der Waals surface area contributed by atoms with Crippen molar-refractivity contribution < 1.29 is 14.1 Å². The molecule has 6 nitrogen and oxygen atoms in total. The number of hydrogen-bond donors (Lipinski definition) is 1. The Bertz CT molecular complexity index is 1430. The van der Waals surface area contributed by atoms with Crippen LogP contribution in [0.2, 0.25) is 0 Å². The quantitative estimate of drug-likeness (QED) is 0.284. The molecule has 0 saturated heterocycles. The summed E-state index contributed by atoms with van der Waals surface area (Å²) in [6, 6.07) is 20.4. The number of aryl methyl sites for hydroxylation is 1. The third-order valence-electron chi connectivity index (χ3n) is 6.69. The molecule has 5 rings (SSSR count). The van der Waals surface area contributed by atoms with E-state index in [1.807, 2.05) is 56.3 Å². The van der Waals surface area contributed by atoms with Gasteiger partial charge in [-0.05, 0) is 67.3 Å². The molecular formula is C30H30BrN3O3. The van der Waals surface area contributed by atoms with E-state index < -0.39 is 0 Å². The Kier molecular flexibility index (Phi) is 7.44. The number of halogens is 1. The second kappa shape index (κ2) is 10.9. The number of ether oxygens (including phenoxy) is 1. The van der Waals surface area contributed by atoms with Crippen molar-refractivity contribution in [2.24, 2.45) is 0 Å². The van der Waals surface area contributed by atoms with E-state index in [0.29, 0.717) is 30.2 Å². The fourth-order valence-electron chi connectivity index (χ4n) is 4.68. The molecule has 1 aromatic heterocycles. The van der Waals surface area contributed by atoms with E-state index in [1.165, 1.54) is 11.1 Å². The number of benzene rings is 3. The Hall–Kier alpha value is -3.42. The van der Waals surface area contributed by atoms with Crippen LogP contribution in [0.4, 0.5) is 0 Å². The molecule has 0 bridgehead atoms. The Morgan fingerprint density at radius 2 is 1.95 bits per heavy atom. The van der Waals surface area contributed by atoms with Crippen LogP contribution in [0.1, 0.15) is 39.7 Å². The van der Waals surface area contributed by atoms with E-state index in [4.69, 9.17) is 9.26 Å². The van der Waals surface area contributed by atoms with Gasteiger partial charge in [0.25, 0.3) is 5.91 Å². The average Bonchev–Trinajstić information content (AvgIpc) is 3.35. The summed E-state index contributed by atoms with van der Waals surface area (Å²) in [5.41, 5.74) is 7.29. The fourth-order valence-corrected chi connectivity index (χ4v) is 5.02. The molecule has 4 aromatic rings. The summed E-state index contributed by atoms with van der Waals surface area (Å²) < 4.78 is 13.2. The van der Waals surface area contributed by atoms with Gasteiger partial charge in [-0.15, -0.1) is 0 Å². The molecule has 1 aliphatic heterocycles. The van der Waals surface area contributed by atoms with Crippen LogP contribution in [0.5, 0.6) is 5.75 Å². The molecule has 0 saturated carbocycles. The minimum atomic E-state index is -0.261. The summed E-state index contributed by atoms with van der Waals surface area (Å²) in [6.07, 6.45) is 0.957. The molecule has 0 radical (unpaired) electrons. The number of hydrogen-bond acceptors (Lipinski definition) is 5. The van der Waals surface area contributed by atoms with Gasteiger partial charge in [0, 0.05) is 24.1 Å². The molecule has 3 aromatic carbocycles. The molecule has 0 aliphatic carbocycles. The van der Waals surface area contributed by atoms with Crippen LogP contribution in [-0.4, -0.2) is 36.1 Å². The number of fused-ring (bicyclic) bond motifs is 1. The second-order valence-corrected chi connectivity index (χ2v) is 10.3. The van der Waals surface area contributed by atoms with Crippen molar-refractivity contribution in [1.82, 2.24) is 15.4 Å². The summed E-state index contributed by atoms with van der Waals surface area (Å²) in [5.74, 6) is 0.921. The maximum Gasteiger partial charge on any atom is 0.274 e. The number of aromatic nitrogens is 1. The number of rotatable bonds is 7. The average molecular weight is 560 g/mol. The number of nitrogens with one attached hydrogen (secondary N) is 1. The van der Waals surface area contributed by atoms with Gasteiger partial charge in [-0.2, -0.15) is 0 Å². The zero-order valence-electron chi connectivity index (χ0n) is 21.3. The predicted molar refractivity (Wildman–Crippen MR) is 149 cm³/mol. The van der Waals surface area contributed by atoms with Gasteiger partial charge < -0.3 is 19.5 Å². The van der Waals surface area contributed by atoms with Crippen molar-refractivity contribution in [3.8, 4) is 28.2 Å². The largest absolute Gasteiger partial charge is 0.488 e. The summed E-state index contributed by atoms with van der Waals surface area (Å²) in [4.78, 5) is 15.4. The highest BCUT2D eigenvalue weighted by molar-refractivity contribution is 9.10. The molecular weight excluding hydrogens is 530 g/mol. The molecule has 0 atom stereocenters. The Labute approximate surface area is 225 Å². The molecule has 0 spiro atoms. The Balaban J connectivity index is 1.63. The van der Waals surface area contributed by atoms with Crippen molar-refractivity contribution in [2.75, 3.05) is 20.1 Å². The molecule has 190 valence electrons. The van der Waals surface area contributed by atoms with E-state index in [0.717, 1.165) is 46.2 Å². The highest BCUT2D eigenvalue weighted by Crippen LogP contribution is 2.42. The molecule has 1 aliphatic rings. The fraction of sp³-hybridized carbons (Fsp3) is 0.267. The Morgan fingerprint density at radius 3 is 2.73 bits per heavy atom. The highest BCUT2D eigenvalue weighted by atomic mass is 79.9. The molecule has 1 N–H and O–H groups in total. The monoisotopic (exact) mass is 559 g/mol. The zero-order chi connectivity index (χ0) is 25.9. The maximum atomic E-state index is 13.1. The lowest BCUT2D eigenvalue weighted by Crippen LogP contribution is -2.26. The van der Waals surface area contributed by atoms with Crippen LogP contribution >= 0.6 is 15.9 Å². The SMILES string of the molecule is CCNC(=O)c1noc(-c2cc(Br)c(C)cc2OCc2ccccc2)c1-c1ccc2c(c1)CCN(C)C2. The van der Waals surface area contributed by atoms with Crippen molar-refractivity contribution in [1.29, 1.82) is 0 Å². The first kappa shape index (κ1) is 25.2. The van der Waals surface area contributed by atoms with Crippen LogP contribution in [0.25, 0.3) is 22.5 Å². The third kappa shape index (κ3) is 5.33. The van der Waals surface area contributed by atoms with E-state index >= 15 is 0 Å². The van der Waals surface area contributed by atoms with Gasteiger partial charge in [0.15, 0.2) is 11.5 Å². The summed E-state index contributed by atoms with van der Waals surface area (Å²) in [5, 5.41) is 7.13. The molecule has 2 heterocycles. The molecule has 7 heteroatoms. The maximum absolute atomic E-state index is 13.1. The lowest BCUT2D eigenvalue weighted by molar-refractivity contribution is 0.0947. The first-order valence-corrected chi connectivity index (χ1v) is 13.3. The van der Waals surface area contributed by atoms with E-state index in [-0.39, 0.29) is 11.6 Å². The molecule has 0 unspecified atom stereocenters. The van der Waals surface area contributed by atoms with Crippen molar-refractivity contribution in [2.45, 2.75) is 33.4 Å². The zero-order valence-corrected chi connectivity index (χ0v) is 22.9. The minimum Gasteiger partial charge on any atom is -0.488 e. The lowest BCUT2D eigenvalue weighted by atomic mass is 9.92. The number of carbonyl (C=O) groups excluding carboxylic acids is 1. The normalized spacial score (nSPS) is 13.3. The van der Waals surface area contributed by atoms with Crippen molar-refractivity contribution in [3.05, 3.63) is 93.1 Å². The summed E-state index contributed by atoms with van der Waals surface area (Å²) in [6.45, 7) is 6.73. The van der Waals surface area contributed by atoms with Crippen molar-refractivity contribution >= 4 is 21.8 Å². The summed E-state index contributed by atoms with van der Waals surface area (Å²) >= 11 is 3.67. The van der Waals surface area contributed by atoms with Crippen LogP contribution < -0.4 is 10.1 Å². The Morgan fingerprint density at radius 1 is 1.14 bits per heavy atom. The standard InChI is InChI=1S/C30H30BrN3O3/c1-4-32-30(35)28-27(22-10-11-23-17-34(3)13-12-21(23)15-22)29(37-33-28)24-16-25(31)19(2)14-26(24)36-18-20-8-6-5-7-9-20/h5-11,14-16H,4,12-13,17-18H2,1-3H3,(H,32,35). The number of likely N-dealkylation sites (N-methyl/N-ethyl adjacent to an activating group) is 1. The van der Waals surface area contributed by atoms with Gasteiger partial charge >= 0.3 is 0 Å². The minimum absolute atomic E-state index is 0.261. The molecule has 0 fully saturated rings. The second-order valence-electron chi connectivity index (χ2n) is 9.44. The smallest absolute Gasteiger partial charge is 0.274 e. The first-order valence-electron chi connectivity index (χ1n) is 12.5. The van der Waals surface area contributed by atoms with Crippen LogP contribution in [-0.2, 0) is 19.6 Å². The van der Waals surface area contributed by atoms with Crippen LogP contribution in [0.3, 0.4) is 0 Å². The molecule has 1 amide bonds. The number of carbonyl (C=O) groups is 1. The molecule has 37 heavy (non-hydrogen) atoms. The van der Waals surface area contributed by atoms with Crippen LogP contribution in [0.15, 0.2) is 69.7 Å². The van der Waals surface area contributed by atoms with Gasteiger partial charge in [-0.3, -0.25) is 4.79 Å². The first-order chi connectivity index (χ1) is 17.9. The van der Waals surface area contributed by atoms with Crippen LogP contribution in [0, 0.1) is 6.92 Å². The number of nitrogens with zero attached hydrogens (tertiary/aromatic N) is 2. The van der Waals surface area contributed by atoms with E-state index in [2.05, 4.69) is 56.6 Å². The van der Waals surface area contributed by atoms with E-state index in [9.17, 15) is 4.79 Å². The lowest BCUT2D eigenvalue weighted by Gasteiger charge is -2.25. The van der Waals surface area contributed by atoms with Gasteiger partial charge in [-0.1, -0.05) is 69.6 Å².